The van der Waals surface area contributed by atoms with Crippen LogP contribution in [0.2, 0.25) is 0 Å². The van der Waals surface area contributed by atoms with Crippen LogP contribution >= 0.6 is 0 Å². The summed E-state index contributed by atoms with van der Waals surface area (Å²) < 4.78 is 0. The molecule has 0 aromatic heterocycles. The van der Waals surface area contributed by atoms with Crippen LogP contribution in [0.3, 0.4) is 0 Å². The maximum atomic E-state index is 12.2. The molecule has 4 heteroatoms. The Morgan fingerprint density at radius 2 is 2.00 bits per heavy atom. The number of carbonyl (C=O) groups excluding carboxylic acids is 1. The lowest BCUT2D eigenvalue weighted by atomic mass is 10.2. The van der Waals surface area contributed by atoms with Crippen molar-refractivity contribution in [2.75, 3.05) is 36.5 Å². The van der Waals surface area contributed by atoms with Gasteiger partial charge in [-0.25, -0.2) is 0 Å². The molecular formula is C14H21N3O. The molecule has 98 valence electrons. The SMILES string of the molecule is CN1CCCN(C(=O)CCCN)c2ccccc21. The molecule has 1 heterocycles. The van der Waals surface area contributed by atoms with Crippen LogP contribution in [-0.2, 0) is 4.79 Å². The Bertz CT molecular complexity index is 419. The van der Waals surface area contributed by atoms with Gasteiger partial charge >= 0.3 is 0 Å². The first-order valence-corrected chi connectivity index (χ1v) is 6.54. The second-order valence-corrected chi connectivity index (χ2v) is 4.70. The molecule has 0 bridgehead atoms. The Hall–Kier alpha value is -1.55. The van der Waals surface area contributed by atoms with Crippen molar-refractivity contribution < 1.29 is 4.79 Å². The van der Waals surface area contributed by atoms with Crippen LogP contribution in [0.15, 0.2) is 24.3 Å². The quantitative estimate of drug-likeness (QED) is 0.882. The van der Waals surface area contributed by atoms with Crippen molar-refractivity contribution in [2.24, 2.45) is 5.73 Å². The minimum atomic E-state index is 0.184. The zero-order valence-corrected chi connectivity index (χ0v) is 10.9. The third-order valence-corrected chi connectivity index (χ3v) is 3.35. The second-order valence-electron chi connectivity index (χ2n) is 4.70. The van der Waals surface area contributed by atoms with E-state index in [2.05, 4.69) is 18.0 Å². The zero-order chi connectivity index (χ0) is 13.0. The van der Waals surface area contributed by atoms with Crippen LogP contribution < -0.4 is 15.5 Å². The van der Waals surface area contributed by atoms with E-state index >= 15 is 0 Å². The standard InChI is InChI=1S/C14H21N3O/c1-16-10-5-11-17(14(18)8-4-9-15)13-7-3-2-6-12(13)16/h2-3,6-7H,4-5,8-11,15H2,1H3. The fraction of sp³-hybridized carbons (Fsp3) is 0.500. The first kappa shape index (κ1) is 12.9. The fourth-order valence-corrected chi connectivity index (χ4v) is 2.37. The lowest BCUT2D eigenvalue weighted by Gasteiger charge is -2.24. The van der Waals surface area contributed by atoms with E-state index in [1.807, 2.05) is 23.1 Å². The largest absolute Gasteiger partial charge is 0.373 e. The van der Waals surface area contributed by atoms with E-state index in [9.17, 15) is 4.79 Å². The molecule has 2 N–H and O–H groups in total. The topological polar surface area (TPSA) is 49.6 Å². The number of fused-ring (bicyclic) bond motifs is 1. The minimum absolute atomic E-state index is 0.184. The number of carbonyl (C=O) groups is 1. The Kier molecular flexibility index (Phi) is 4.20. The van der Waals surface area contributed by atoms with Crippen LogP contribution in [0.4, 0.5) is 11.4 Å². The van der Waals surface area contributed by atoms with Gasteiger partial charge in [-0.05, 0) is 31.5 Å². The van der Waals surface area contributed by atoms with Crippen molar-refractivity contribution in [1.82, 2.24) is 0 Å². The van der Waals surface area contributed by atoms with E-state index in [0.717, 1.165) is 37.3 Å². The molecule has 0 saturated heterocycles. The summed E-state index contributed by atoms with van der Waals surface area (Å²) in [5, 5.41) is 0. The highest BCUT2D eigenvalue weighted by molar-refractivity contribution is 5.97. The molecule has 0 radical (unpaired) electrons. The predicted molar refractivity (Wildman–Crippen MR) is 75.0 cm³/mol. The number of nitrogens with two attached hydrogens (primary N) is 1. The average molecular weight is 247 g/mol. The summed E-state index contributed by atoms with van der Waals surface area (Å²) in [7, 11) is 2.08. The first-order chi connectivity index (χ1) is 8.74. The van der Waals surface area contributed by atoms with Gasteiger partial charge < -0.3 is 15.5 Å². The molecule has 0 fully saturated rings. The van der Waals surface area contributed by atoms with E-state index in [1.165, 1.54) is 0 Å². The highest BCUT2D eigenvalue weighted by Gasteiger charge is 2.22. The number of hydrogen-bond donors (Lipinski definition) is 1. The smallest absolute Gasteiger partial charge is 0.227 e. The van der Waals surface area contributed by atoms with Crippen molar-refractivity contribution in [2.45, 2.75) is 19.3 Å². The Balaban J connectivity index is 2.25. The lowest BCUT2D eigenvalue weighted by molar-refractivity contribution is -0.118. The Morgan fingerprint density at radius 1 is 1.28 bits per heavy atom. The molecule has 0 spiro atoms. The third-order valence-electron chi connectivity index (χ3n) is 3.35. The van der Waals surface area contributed by atoms with Gasteiger partial charge in [0, 0.05) is 26.6 Å². The number of amides is 1. The van der Waals surface area contributed by atoms with Gasteiger partial charge in [-0.3, -0.25) is 4.79 Å². The van der Waals surface area contributed by atoms with Crippen LogP contribution in [-0.4, -0.2) is 32.6 Å². The molecule has 1 aromatic carbocycles. The van der Waals surface area contributed by atoms with Gasteiger partial charge in [-0.15, -0.1) is 0 Å². The number of para-hydroxylation sites is 2. The van der Waals surface area contributed by atoms with Crippen molar-refractivity contribution in [3.05, 3.63) is 24.3 Å². The summed E-state index contributed by atoms with van der Waals surface area (Å²) in [6.45, 7) is 2.35. The van der Waals surface area contributed by atoms with E-state index in [-0.39, 0.29) is 5.91 Å². The summed E-state index contributed by atoms with van der Waals surface area (Å²) in [4.78, 5) is 16.4. The van der Waals surface area contributed by atoms with E-state index in [0.29, 0.717) is 13.0 Å². The number of nitrogens with zero attached hydrogens (tertiary/aromatic N) is 2. The van der Waals surface area contributed by atoms with Gasteiger partial charge in [0.2, 0.25) is 5.91 Å². The molecular weight excluding hydrogens is 226 g/mol. The molecule has 18 heavy (non-hydrogen) atoms. The second kappa shape index (κ2) is 5.87. The van der Waals surface area contributed by atoms with Crippen LogP contribution in [0.25, 0.3) is 0 Å². The molecule has 1 aliphatic heterocycles. The normalized spacial score (nSPS) is 15.2. The third kappa shape index (κ3) is 2.64. The molecule has 4 nitrogen and oxygen atoms in total. The van der Waals surface area contributed by atoms with Crippen molar-refractivity contribution in [1.29, 1.82) is 0 Å². The maximum absolute atomic E-state index is 12.2. The molecule has 1 aromatic rings. The molecule has 1 amide bonds. The molecule has 0 aliphatic carbocycles. The van der Waals surface area contributed by atoms with Crippen molar-refractivity contribution >= 4 is 17.3 Å². The molecule has 2 rings (SSSR count). The average Bonchev–Trinajstić information content (AvgIpc) is 2.56. The summed E-state index contributed by atoms with van der Waals surface area (Å²) in [5.41, 5.74) is 7.64. The highest BCUT2D eigenvalue weighted by atomic mass is 16.2. The number of benzene rings is 1. The van der Waals surface area contributed by atoms with Crippen molar-refractivity contribution in [3.63, 3.8) is 0 Å². The fourth-order valence-electron chi connectivity index (χ4n) is 2.37. The van der Waals surface area contributed by atoms with E-state index < -0.39 is 0 Å². The molecule has 0 atom stereocenters. The van der Waals surface area contributed by atoms with Gasteiger partial charge in [0.1, 0.15) is 0 Å². The first-order valence-electron chi connectivity index (χ1n) is 6.54. The van der Waals surface area contributed by atoms with Crippen LogP contribution in [0, 0.1) is 0 Å². The Labute approximate surface area is 108 Å². The minimum Gasteiger partial charge on any atom is -0.373 e. The van der Waals surface area contributed by atoms with Crippen LogP contribution in [0.5, 0.6) is 0 Å². The number of rotatable bonds is 3. The van der Waals surface area contributed by atoms with Gasteiger partial charge in [-0.2, -0.15) is 0 Å². The van der Waals surface area contributed by atoms with Gasteiger partial charge in [0.25, 0.3) is 0 Å². The monoisotopic (exact) mass is 247 g/mol. The van der Waals surface area contributed by atoms with Gasteiger partial charge in [0.15, 0.2) is 0 Å². The lowest BCUT2D eigenvalue weighted by Crippen LogP contribution is -2.31. The van der Waals surface area contributed by atoms with Crippen LogP contribution in [0.1, 0.15) is 19.3 Å². The van der Waals surface area contributed by atoms with Gasteiger partial charge in [-0.1, -0.05) is 12.1 Å². The zero-order valence-electron chi connectivity index (χ0n) is 10.9. The molecule has 0 unspecified atom stereocenters. The maximum Gasteiger partial charge on any atom is 0.227 e. The van der Waals surface area contributed by atoms with Gasteiger partial charge in [0.05, 0.1) is 11.4 Å². The predicted octanol–water partition coefficient (Wildman–Crippen LogP) is 1.60. The molecule has 0 saturated carbocycles. The Morgan fingerprint density at radius 3 is 2.72 bits per heavy atom. The summed E-state index contributed by atoms with van der Waals surface area (Å²) in [6, 6.07) is 8.10. The number of hydrogen-bond acceptors (Lipinski definition) is 3. The summed E-state index contributed by atoms with van der Waals surface area (Å²) >= 11 is 0. The number of anilines is 2. The van der Waals surface area contributed by atoms with E-state index in [4.69, 9.17) is 5.73 Å². The van der Waals surface area contributed by atoms with Crippen molar-refractivity contribution in [3.8, 4) is 0 Å². The summed E-state index contributed by atoms with van der Waals surface area (Å²) in [6.07, 6.45) is 2.29. The summed E-state index contributed by atoms with van der Waals surface area (Å²) in [5.74, 6) is 0.184. The highest BCUT2D eigenvalue weighted by Crippen LogP contribution is 2.31. The molecule has 1 aliphatic rings. The van der Waals surface area contributed by atoms with E-state index in [1.54, 1.807) is 0 Å².